The number of nitrogens with zero attached hydrogens (tertiary/aromatic N) is 5. The van der Waals surface area contributed by atoms with Crippen LogP contribution in [0.4, 0.5) is 11.6 Å². The van der Waals surface area contributed by atoms with Crippen LogP contribution in [0.5, 0.6) is 11.9 Å². The maximum Gasteiger partial charge on any atom is 0.321 e. The van der Waals surface area contributed by atoms with Gasteiger partial charge in [-0.2, -0.15) is 9.97 Å². The van der Waals surface area contributed by atoms with E-state index < -0.39 is 0 Å². The maximum atomic E-state index is 5.24. The topological polar surface area (TPSA) is 85.3 Å². The molecule has 1 aliphatic carbocycles. The van der Waals surface area contributed by atoms with Crippen LogP contribution in [0.2, 0.25) is 0 Å². The highest BCUT2D eigenvalue weighted by molar-refractivity contribution is 5.44. The molecule has 26 heavy (non-hydrogen) atoms. The number of methoxy groups -OCH3 is 2. The molecule has 0 unspecified atom stereocenters. The minimum atomic E-state index is 0.327. The fraction of sp³-hybridized carbons (Fsp3) is 0.556. The van der Waals surface area contributed by atoms with Crippen molar-refractivity contribution in [2.75, 3.05) is 37.5 Å². The number of hydrogen-bond acceptors (Lipinski definition) is 8. The lowest BCUT2D eigenvalue weighted by atomic mass is 10.1. The van der Waals surface area contributed by atoms with Gasteiger partial charge in [0.1, 0.15) is 17.5 Å². The van der Waals surface area contributed by atoms with Crippen molar-refractivity contribution in [3.8, 4) is 11.9 Å². The molecule has 8 heteroatoms. The first-order chi connectivity index (χ1) is 12.7. The SMILES string of the molecule is COc1cc(N2CCC(Nc3ccnc(C4CC4)n3)CC2)nc(OC)n1. The fourth-order valence-corrected chi connectivity index (χ4v) is 3.20. The molecule has 0 radical (unpaired) electrons. The minimum absolute atomic E-state index is 0.327. The molecule has 138 valence electrons. The summed E-state index contributed by atoms with van der Waals surface area (Å²) in [7, 11) is 3.16. The maximum absolute atomic E-state index is 5.24. The van der Waals surface area contributed by atoms with E-state index in [0.717, 1.165) is 43.4 Å². The molecular weight excluding hydrogens is 332 g/mol. The predicted molar refractivity (Wildman–Crippen MR) is 98.0 cm³/mol. The van der Waals surface area contributed by atoms with Gasteiger partial charge in [0.05, 0.1) is 14.2 Å². The second-order valence-electron chi connectivity index (χ2n) is 6.74. The lowest BCUT2D eigenvalue weighted by molar-refractivity contribution is 0.351. The van der Waals surface area contributed by atoms with Crippen molar-refractivity contribution in [2.24, 2.45) is 0 Å². The van der Waals surface area contributed by atoms with Gasteiger partial charge >= 0.3 is 6.01 Å². The average molecular weight is 356 g/mol. The molecule has 1 aliphatic heterocycles. The van der Waals surface area contributed by atoms with Crippen molar-refractivity contribution >= 4 is 11.6 Å². The van der Waals surface area contributed by atoms with Crippen LogP contribution in [0.25, 0.3) is 0 Å². The van der Waals surface area contributed by atoms with E-state index in [2.05, 4.69) is 30.2 Å². The third-order valence-corrected chi connectivity index (χ3v) is 4.85. The molecule has 0 aromatic carbocycles. The largest absolute Gasteiger partial charge is 0.481 e. The summed E-state index contributed by atoms with van der Waals surface area (Å²) in [4.78, 5) is 19.9. The number of hydrogen-bond donors (Lipinski definition) is 1. The Kier molecular flexibility index (Phi) is 4.73. The molecule has 1 saturated heterocycles. The van der Waals surface area contributed by atoms with Gasteiger partial charge in [0.15, 0.2) is 0 Å². The summed E-state index contributed by atoms with van der Waals surface area (Å²) in [5, 5.41) is 3.56. The highest BCUT2D eigenvalue weighted by atomic mass is 16.5. The first-order valence-corrected chi connectivity index (χ1v) is 9.06. The normalized spacial score (nSPS) is 17.8. The van der Waals surface area contributed by atoms with Gasteiger partial charge in [0.25, 0.3) is 0 Å². The van der Waals surface area contributed by atoms with Crippen LogP contribution in [-0.2, 0) is 0 Å². The summed E-state index contributed by atoms with van der Waals surface area (Å²) < 4.78 is 10.4. The van der Waals surface area contributed by atoms with Gasteiger partial charge in [-0.25, -0.2) is 9.97 Å². The lowest BCUT2D eigenvalue weighted by Crippen LogP contribution is -2.39. The van der Waals surface area contributed by atoms with Crippen molar-refractivity contribution in [3.63, 3.8) is 0 Å². The molecule has 8 nitrogen and oxygen atoms in total. The molecule has 1 N–H and O–H groups in total. The first kappa shape index (κ1) is 16.8. The third kappa shape index (κ3) is 3.79. The van der Waals surface area contributed by atoms with E-state index in [1.807, 2.05) is 18.3 Å². The molecule has 2 aliphatic rings. The Hall–Kier alpha value is -2.64. The fourth-order valence-electron chi connectivity index (χ4n) is 3.20. The molecule has 0 atom stereocenters. The zero-order chi connectivity index (χ0) is 17.9. The number of piperidine rings is 1. The predicted octanol–water partition coefficient (Wildman–Crippen LogP) is 2.24. The number of aromatic nitrogens is 4. The molecule has 2 aromatic rings. The van der Waals surface area contributed by atoms with Gasteiger partial charge in [-0.3, -0.25) is 0 Å². The van der Waals surface area contributed by atoms with Crippen molar-refractivity contribution < 1.29 is 9.47 Å². The van der Waals surface area contributed by atoms with E-state index in [1.54, 1.807) is 14.2 Å². The third-order valence-electron chi connectivity index (χ3n) is 4.85. The molecule has 4 rings (SSSR count). The van der Waals surface area contributed by atoms with E-state index in [0.29, 0.717) is 23.9 Å². The quantitative estimate of drug-likeness (QED) is 0.843. The zero-order valence-electron chi connectivity index (χ0n) is 15.2. The van der Waals surface area contributed by atoms with Crippen molar-refractivity contribution in [2.45, 2.75) is 37.6 Å². The average Bonchev–Trinajstić information content (AvgIpc) is 3.54. The number of ether oxygens (including phenoxy) is 2. The zero-order valence-corrected chi connectivity index (χ0v) is 15.2. The van der Waals surface area contributed by atoms with Crippen LogP contribution in [0.1, 0.15) is 37.4 Å². The Bertz CT molecular complexity index is 737. The molecule has 0 spiro atoms. The Balaban J connectivity index is 1.37. The Morgan fingerprint density at radius 2 is 1.85 bits per heavy atom. The molecule has 2 fully saturated rings. The van der Waals surface area contributed by atoms with Crippen molar-refractivity contribution in [3.05, 3.63) is 24.2 Å². The molecule has 0 bridgehead atoms. The van der Waals surface area contributed by atoms with Crippen LogP contribution < -0.4 is 19.7 Å². The van der Waals surface area contributed by atoms with E-state index in [9.17, 15) is 0 Å². The van der Waals surface area contributed by atoms with Crippen LogP contribution >= 0.6 is 0 Å². The highest BCUT2D eigenvalue weighted by Crippen LogP contribution is 2.38. The van der Waals surface area contributed by atoms with Crippen LogP contribution in [0.15, 0.2) is 18.3 Å². The Morgan fingerprint density at radius 3 is 2.54 bits per heavy atom. The van der Waals surface area contributed by atoms with Gasteiger partial charge in [0, 0.05) is 37.3 Å². The summed E-state index contributed by atoms with van der Waals surface area (Å²) in [6, 6.07) is 4.54. The minimum Gasteiger partial charge on any atom is -0.481 e. The van der Waals surface area contributed by atoms with Crippen LogP contribution in [0, 0.1) is 0 Å². The summed E-state index contributed by atoms with van der Waals surface area (Å²) >= 11 is 0. The second kappa shape index (κ2) is 7.31. The van der Waals surface area contributed by atoms with Crippen LogP contribution in [-0.4, -0.2) is 53.3 Å². The summed E-state index contributed by atoms with van der Waals surface area (Å²) in [6.07, 6.45) is 6.31. The van der Waals surface area contributed by atoms with E-state index >= 15 is 0 Å². The van der Waals surface area contributed by atoms with Crippen molar-refractivity contribution in [1.29, 1.82) is 0 Å². The number of anilines is 2. The van der Waals surface area contributed by atoms with Gasteiger partial charge in [-0.05, 0) is 31.7 Å². The smallest absolute Gasteiger partial charge is 0.321 e. The van der Waals surface area contributed by atoms with Gasteiger partial charge in [-0.1, -0.05) is 0 Å². The van der Waals surface area contributed by atoms with Gasteiger partial charge < -0.3 is 19.7 Å². The monoisotopic (exact) mass is 356 g/mol. The molecule has 0 amide bonds. The Labute approximate surface area is 153 Å². The number of rotatable bonds is 6. The molecular formula is C18H24N6O2. The highest BCUT2D eigenvalue weighted by Gasteiger charge is 2.27. The molecule has 2 aromatic heterocycles. The van der Waals surface area contributed by atoms with Gasteiger partial charge in [0.2, 0.25) is 5.88 Å². The van der Waals surface area contributed by atoms with E-state index in [-0.39, 0.29) is 0 Å². The Morgan fingerprint density at radius 1 is 1.04 bits per heavy atom. The van der Waals surface area contributed by atoms with Gasteiger partial charge in [-0.15, -0.1) is 0 Å². The number of nitrogens with one attached hydrogen (secondary N) is 1. The lowest BCUT2D eigenvalue weighted by Gasteiger charge is -2.33. The summed E-state index contributed by atoms with van der Waals surface area (Å²) in [5.74, 6) is 3.84. The van der Waals surface area contributed by atoms with Crippen LogP contribution in [0.3, 0.4) is 0 Å². The molecule has 1 saturated carbocycles. The standard InChI is InChI=1S/C18H24N6O2/c1-25-16-11-15(22-18(23-16)26-2)24-9-6-13(7-10-24)20-14-5-8-19-17(21-14)12-3-4-12/h5,8,11-13H,3-4,6-7,9-10H2,1-2H3,(H,19,20,21). The van der Waals surface area contributed by atoms with Crippen molar-refractivity contribution in [1.82, 2.24) is 19.9 Å². The first-order valence-electron chi connectivity index (χ1n) is 9.06. The molecule has 3 heterocycles. The van der Waals surface area contributed by atoms with E-state index in [1.165, 1.54) is 12.8 Å². The second-order valence-corrected chi connectivity index (χ2v) is 6.74. The summed E-state index contributed by atoms with van der Waals surface area (Å²) in [6.45, 7) is 1.81. The summed E-state index contributed by atoms with van der Waals surface area (Å²) in [5.41, 5.74) is 0. The van der Waals surface area contributed by atoms with E-state index in [4.69, 9.17) is 9.47 Å².